The number of carboxylic acid groups (broad SMARTS) is 1. The van der Waals surface area contributed by atoms with Gasteiger partial charge in [0.1, 0.15) is 5.75 Å². The van der Waals surface area contributed by atoms with Gasteiger partial charge < -0.3 is 14.6 Å². The van der Waals surface area contributed by atoms with Gasteiger partial charge in [0.05, 0.1) is 11.8 Å². The molecule has 0 fully saturated rings. The number of oxazole rings is 1. The highest BCUT2D eigenvalue weighted by Crippen LogP contribution is 2.27. The van der Waals surface area contributed by atoms with Crippen molar-refractivity contribution >= 4 is 5.97 Å². The predicted octanol–water partition coefficient (Wildman–Crippen LogP) is 1.75. The highest BCUT2D eigenvalue weighted by Gasteiger charge is 2.13. The highest BCUT2D eigenvalue weighted by atomic mass is 16.4. The summed E-state index contributed by atoms with van der Waals surface area (Å²) in [5, 5.41) is 18.1. The second-order valence-electron chi connectivity index (χ2n) is 2.85. The zero-order valence-corrected chi connectivity index (χ0v) is 7.54. The molecule has 0 bridgehead atoms. The Morgan fingerprint density at radius 2 is 2.07 bits per heavy atom. The van der Waals surface area contributed by atoms with Crippen LogP contribution in [0.15, 0.2) is 34.9 Å². The molecule has 1 aromatic carbocycles. The molecule has 0 spiro atoms. The van der Waals surface area contributed by atoms with Crippen molar-refractivity contribution in [2.75, 3.05) is 0 Å². The van der Waals surface area contributed by atoms with Gasteiger partial charge in [-0.1, -0.05) is 12.1 Å². The zero-order chi connectivity index (χ0) is 10.8. The molecular weight excluding hydrogens is 198 g/mol. The van der Waals surface area contributed by atoms with Crippen LogP contribution in [-0.4, -0.2) is 21.2 Å². The molecule has 1 heterocycles. The monoisotopic (exact) mass is 205 g/mol. The lowest BCUT2D eigenvalue weighted by molar-refractivity contribution is 0.0663. The fraction of sp³-hybridized carbons (Fsp3) is 0. The average Bonchev–Trinajstić information content (AvgIpc) is 2.67. The van der Waals surface area contributed by atoms with E-state index in [2.05, 4.69) is 4.98 Å². The van der Waals surface area contributed by atoms with Gasteiger partial charge in [-0.25, -0.2) is 9.78 Å². The molecule has 0 saturated carbocycles. The first-order valence-electron chi connectivity index (χ1n) is 4.16. The minimum Gasteiger partial charge on any atom is -0.507 e. The molecule has 1 aromatic heterocycles. The Morgan fingerprint density at radius 3 is 2.67 bits per heavy atom. The van der Waals surface area contributed by atoms with Crippen molar-refractivity contribution in [1.29, 1.82) is 0 Å². The molecule has 0 radical (unpaired) electrons. The second-order valence-corrected chi connectivity index (χ2v) is 2.85. The molecule has 5 heteroatoms. The minimum absolute atomic E-state index is 0.00344. The van der Waals surface area contributed by atoms with Crippen molar-refractivity contribution in [2.45, 2.75) is 0 Å². The van der Waals surface area contributed by atoms with Crippen LogP contribution in [0.1, 0.15) is 10.6 Å². The number of aromatic nitrogens is 1. The predicted molar refractivity (Wildman–Crippen MR) is 50.6 cm³/mol. The van der Waals surface area contributed by atoms with Gasteiger partial charge >= 0.3 is 5.97 Å². The maximum atomic E-state index is 10.5. The number of rotatable bonds is 2. The number of carbonyl (C=O) groups is 1. The summed E-state index contributed by atoms with van der Waals surface area (Å²) >= 11 is 0. The molecule has 2 N–H and O–H groups in total. The van der Waals surface area contributed by atoms with E-state index in [-0.39, 0.29) is 17.4 Å². The first-order valence-corrected chi connectivity index (χ1v) is 4.16. The Kier molecular flexibility index (Phi) is 2.13. The Balaban J connectivity index is 2.46. The topological polar surface area (TPSA) is 83.6 Å². The molecule has 0 saturated heterocycles. The van der Waals surface area contributed by atoms with Crippen LogP contribution < -0.4 is 0 Å². The average molecular weight is 205 g/mol. The van der Waals surface area contributed by atoms with Crippen LogP contribution in [0.3, 0.4) is 0 Å². The normalized spacial score (nSPS) is 10.1. The van der Waals surface area contributed by atoms with Crippen LogP contribution in [0, 0.1) is 0 Å². The smallest absolute Gasteiger partial charge is 0.373 e. The number of benzene rings is 1. The number of carboxylic acids is 1. The molecule has 0 aliphatic rings. The van der Waals surface area contributed by atoms with E-state index in [9.17, 15) is 9.90 Å². The fourth-order valence-corrected chi connectivity index (χ4v) is 1.15. The Morgan fingerprint density at radius 1 is 1.33 bits per heavy atom. The number of hydrogen-bond acceptors (Lipinski definition) is 4. The molecule has 2 aromatic rings. The van der Waals surface area contributed by atoms with Gasteiger partial charge in [0.2, 0.25) is 11.7 Å². The van der Waals surface area contributed by atoms with Gasteiger partial charge in [-0.15, -0.1) is 0 Å². The summed E-state index contributed by atoms with van der Waals surface area (Å²) in [5.41, 5.74) is 0.366. The van der Waals surface area contributed by atoms with Crippen LogP contribution >= 0.6 is 0 Å². The van der Waals surface area contributed by atoms with Crippen molar-refractivity contribution in [2.24, 2.45) is 0 Å². The molecule has 2 rings (SSSR count). The van der Waals surface area contributed by atoms with Crippen molar-refractivity contribution < 1.29 is 19.4 Å². The molecule has 5 nitrogen and oxygen atoms in total. The van der Waals surface area contributed by atoms with Gasteiger partial charge in [-0.05, 0) is 12.1 Å². The van der Waals surface area contributed by atoms with Crippen LogP contribution in [0.25, 0.3) is 11.5 Å². The van der Waals surface area contributed by atoms with E-state index < -0.39 is 5.97 Å². The second kappa shape index (κ2) is 3.45. The summed E-state index contributed by atoms with van der Waals surface area (Å²) in [7, 11) is 0. The minimum atomic E-state index is -1.19. The van der Waals surface area contributed by atoms with Crippen molar-refractivity contribution in [3.8, 4) is 17.2 Å². The zero-order valence-electron chi connectivity index (χ0n) is 7.54. The summed E-state index contributed by atoms with van der Waals surface area (Å²) in [6, 6.07) is 6.41. The lowest BCUT2D eigenvalue weighted by Crippen LogP contribution is -1.91. The summed E-state index contributed by atoms with van der Waals surface area (Å²) in [6.45, 7) is 0. The number of para-hydroxylation sites is 1. The number of phenolic OH excluding ortho intramolecular Hbond substituents is 1. The van der Waals surface area contributed by atoms with Gasteiger partial charge in [0.25, 0.3) is 0 Å². The van der Waals surface area contributed by atoms with E-state index in [1.165, 1.54) is 6.07 Å². The van der Waals surface area contributed by atoms with Crippen molar-refractivity contribution in [3.63, 3.8) is 0 Å². The first kappa shape index (κ1) is 9.26. The Hall–Kier alpha value is -2.30. The largest absolute Gasteiger partial charge is 0.507 e. The molecule has 0 aliphatic carbocycles. The molecular formula is C10H7NO4. The van der Waals surface area contributed by atoms with E-state index in [4.69, 9.17) is 9.52 Å². The molecule has 0 aliphatic heterocycles. The molecule has 15 heavy (non-hydrogen) atoms. The third kappa shape index (κ3) is 1.67. The van der Waals surface area contributed by atoms with Gasteiger partial charge in [0, 0.05) is 0 Å². The van der Waals surface area contributed by atoms with Crippen molar-refractivity contribution in [1.82, 2.24) is 4.98 Å². The van der Waals surface area contributed by atoms with Crippen LogP contribution in [-0.2, 0) is 0 Å². The lowest BCUT2D eigenvalue weighted by atomic mass is 10.2. The van der Waals surface area contributed by atoms with Gasteiger partial charge in [-0.3, -0.25) is 0 Å². The molecule has 76 valence electrons. The quantitative estimate of drug-likeness (QED) is 0.780. The standard InChI is InChI=1S/C10H7NO4/c12-7-4-2-1-3-6(7)9-11-5-8(15-9)10(13)14/h1-5,12H,(H,13,14). The number of nitrogens with zero attached hydrogens (tertiary/aromatic N) is 1. The number of aromatic carboxylic acids is 1. The Labute approximate surface area is 84.6 Å². The third-order valence-corrected chi connectivity index (χ3v) is 1.85. The van der Waals surface area contributed by atoms with E-state index in [1.54, 1.807) is 18.2 Å². The third-order valence-electron chi connectivity index (χ3n) is 1.85. The lowest BCUT2D eigenvalue weighted by Gasteiger charge is -1.97. The molecule has 0 amide bonds. The van der Waals surface area contributed by atoms with E-state index in [1.807, 2.05) is 0 Å². The van der Waals surface area contributed by atoms with Crippen molar-refractivity contribution in [3.05, 3.63) is 36.2 Å². The SMILES string of the molecule is O=C(O)c1cnc(-c2ccccc2O)o1. The molecule has 0 atom stereocenters. The number of aromatic hydroxyl groups is 1. The Bertz CT molecular complexity index is 504. The summed E-state index contributed by atoms with van der Waals surface area (Å²) in [5.74, 6) is -1.36. The first-order chi connectivity index (χ1) is 7.18. The van der Waals surface area contributed by atoms with E-state index in [0.717, 1.165) is 6.20 Å². The van der Waals surface area contributed by atoms with Gasteiger partial charge in [0.15, 0.2) is 0 Å². The molecule has 0 unspecified atom stereocenters. The maximum Gasteiger partial charge on any atom is 0.373 e. The van der Waals surface area contributed by atoms with Gasteiger partial charge in [-0.2, -0.15) is 0 Å². The summed E-state index contributed by atoms with van der Waals surface area (Å²) < 4.78 is 4.94. The van der Waals surface area contributed by atoms with E-state index in [0.29, 0.717) is 5.56 Å². The van der Waals surface area contributed by atoms with E-state index >= 15 is 0 Å². The fourth-order valence-electron chi connectivity index (χ4n) is 1.15. The summed E-state index contributed by atoms with van der Waals surface area (Å²) in [4.78, 5) is 14.3. The highest BCUT2D eigenvalue weighted by molar-refractivity contribution is 5.84. The number of hydrogen-bond donors (Lipinski definition) is 2. The van der Waals surface area contributed by atoms with Crippen LogP contribution in [0.2, 0.25) is 0 Å². The van der Waals surface area contributed by atoms with Crippen LogP contribution in [0.4, 0.5) is 0 Å². The van der Waals surface area contributed by atoms with Crippen LogP contribution in [0.5, 0.6) is 5.75 Å². The number of phenols is 1. The maximum absolute atomic E-state index is 10.5. The summed E-state index contributed by atoms with van der Waals surface area (Å²) in [6.07, 6.45) is 1.10.